The van der Waals surface area contributed by atoms with Crippen molar-refractivity contribution in [3.63, 3.8) is 0 Å². The first-order chi connectivity index (χ1) is 14.9. The molecule has 162 valence electrons. The van der Waals surface area contributed by atoms with Crippen LogP contribution in [0.25, 0.3) is 17.1 Å². The Morgan fingerprint density at radius 2 is 1.55 bits per heavy atom. The van der Waals surface area contributed by atoms with Gasteiger partial charge in [0, 0.05) is 44.5 Å². The van der Waals surface area contributed by atoms with E-state index >= 15 is 0 Å². The largest absolute Gasteiger partial charge is 0.333 e. The van der Waals surface area contributed by atoms with Crippen LogP contribution < -0.4 is 0 Å². The molecule has 1 aliphatic rings. The van der Waals surface area contributed by atoms with Crippen LogP contribution in [-0.2, 0) is 9.84 Å². The molecule has 0 radical (unpaired) electrons. The molecule has 1 aliphatic heterocycles. The van der Waals surface area contributed by atoms with Crippen LogP contribution in [0.5, 0.6) is 0 Å². The van der Waals surface area contributed by atoms with Gasteiger partial charge in [-0.05, 0) is 12.1 Å². The van der Waals surface area contributed by atoms with Gasteiger partial charge >= 0.3 is 0 Å². The van der Waals surface area contributed by atoms with Gasteiger partial charge in [-0.3, -0.25) is 9.69 Å². The molecule has 4 rings (SSSR count). The third-order valence-corrected chi connectivity index (χ3v) is 6.19. The summed E-state index contributed by atoms with van der Waals surface area (Å²) in [6.07, 6.45) is 1.24. The number of rotatable bonds is 6. The second-order valence-corrected chi connectivity index (χ2v) is 9.90. The van der Waals surface area contributed by atoms with Crippen molar-refractivity contribution in [3.8, 4) is 17.1 Å². The number of carbonyl (C=O) groups is 1. The fraction of sp³-hybridized carbons (Fsp3) is 0.318. The van der Waals surface area contributed by atoms with Crippen LogP contribution in [0.2, 0.25) is 0 Å². The molecule has 0 bridgehead atoms. The van der Waals surface area contributed by atoms with Crippen LogP contribution in [0.4, 0.5) is 0 Å². The summed E-state index contributed by atoms with van der Waals surface area (Å²) in [5, 5.41) is 4.54. The molecule has 1 fully saturated rings. The van der Waals surface area contributed by atoms with E-state index in [1.807, 2.05) is 60.7 Å². The van der Waals surface area contributed by atoms with E-state index in [4.69, 9.17) is 0 Å². The Hall–Kier alpha value is -3.04. The molecule has 0 atom stereocenters. The standard InChI is InChI=1S/C22H25N5O3S/c1-31(29,30)17-16-25-12-14-26(15-13-25)22(28)20-23-21(18-8-4-2-5-9-18)27(24-20)19-10-6-3-7-11-19/h2-11H,12-17H2,1H3. The summed E-state index contributed by atoms with van der Waals surface area (Å²) >= 11 is 0. The van der Waals surface area contributed by atoms with Crippen LogP contribution >= 0.6 is 0 Å². The minimum atomic E-state index is -3.00. The van der Waals surface area contributed by atoms with E-state index in [1.165, 1.54) is 6.26 Å². The number of benzene rings is 2. The Kier molecular flexibility index (Phi) is 6.15. The molecule has 0 saturated carbocycles. The fourth-order valence-corrected chi connectivity index (χ4v) is 4.13. The van der Waals surface area contributed by atoms with Crippen molar-refractivity contribution in [1.82, 2.24) is 24.6 Å². The number of carbonyl (C=O) groups excluding carboxylic acids is 1. The van der Waals surface area contributed by atoms with E-state index in [9.17, 15) is 13.2 Å². The Labute approximate surface area is 182 Å². The second-order valence-electron chi connectivity index (χ2n) is 7.64. The summed E-state index contributed by atoms with van der Waals surface area (Å²) in [7, 11) is -3.00. The Morgan fingerprint density at radius 1 is 0.935 bits per heavy atom. The van der Waals surface area contributed by atoms with Crippen LogP contribution in [-0.4, -0.2) is 83.6 Å². The van der Waals surface area contributed by atoms with Gasteiger partial charge in [-0.2, -0.15) is 0 Å². The molecule has 0 aliphatic carbocycles. The SMILES string of the molecule is CS(=O)(=O)CCN1CCN(C(=O)c2nc(-c3ccccc3)n(-c3ccccc3)n2)CC1. The molecular weight excluding hydrogens is 414 g/mol. The molecule has 1 aromatic heterocycles. The van der Waals surface area contributed by atoms with E-state index in [-0.39, 0.29) is 17.5 Å². The van der Waals surface area contributed by atoms with E-state index in [0.29, 0.717) is 38.5 Å². The van der Waals surface area contributed by atoms with Crippen molar-refractivity contribution >= 4 is 15.7 Å². The molecule has 0 spiro atoms. The van der Waals surface area contributed by atoms with Gasteiger partial charge in [0.05, 0.1) is 11.4 Å². The maximum atomic E-state index is 13.1. The van der Waals surface area contributed by atoms with Gasteiger partial charge in [0.15, 0.2) is 5.82 Å². The lowest BCUT2D eigenvalue weighted by Crippen LogP contribution is -2.49. The van der Waals surface area contributed by atoms with Crippen molar-refractivity contribution in [2.45, 2.75) is 0 Å². The lowest BCUT2D eigenvalue weighted by molar-refractivity contribution is 0.0632. The summed E-state index contributed by atoms with van der Waals surface area (Å²) in [5.41, 5.74) is 1.71. The van der Waals surface area contributed by atoms with Gasteiger partial charge in [0.2, 0.25) is 5.82 Å². The molecule has 1 saturated heterocycles. The smallest absolute Gasteiger partial charge is 0.293 e. The van der Waals surface area contributed by atoms with Crippen LogP contribution in [0.3, 0.4) is 0 Å². The maximum Gasteiger partial charge on any atom is 0.293 e. The van der Waals surface area contributed by atoms with Crippen LogP contribution in [0, 0.1) is 0 Å². The van der Waals surface area contributed by atoms with E-state index in [2.05, 4.69) is 15.0 Å². The van der Waals surface area contributed by atoms with Crippen LogP contribution in [0.15, 0.2) is 60.7 Å². The number of piperazine rings is 1. The van der Waals surface area contributed by atoms with Crippen LogP contribution in [0.1, 0.15) is 10.6 Å². The highest BCUT2D eigenvalue weighted by molar-refractivity contribution is 7.90. The maximum absolute atomic E-state index is 13.1. The lowest BCUT2D eigenvalue weighted by Gasteiger charge is -2.33. The van der Waals surface area contributed by atoms with Gasteiger partial charge in [-0.1, -0.05) is 48.5 Å². The predicted octanol–water partition coefficient (Wildman–Crippen LogP) is 1.74. The average Bonchev–Trinajstić information content (AvgIpc) is 3.24. The number of amides is 1. The average molecular weight is 440 g/mol. The van der Waals surface area contributed by atoms with Gasteiger partial charge in [0.1, 0.15) is 9.84 Å². The first-order valence-corrected chi connectivity index (χ1v) is 12.2. The molecule has 0 N–H and O–H groups in total. The minimum absolute atomic E-state index is 0.129. The summed E-state index contributed by atoms with van der Waals surface area (Å²) in [4.78, 5) is 21.5. The normalized spacial score (nSPS) is 15.2. The molecule has 8 nitrogen and oxygen atoms in total. The molecular formula is C22H25N5O3S. The molecule has 0 unspecified atom stereocenters. The third kappa shape index (κ3) is 5.18. The van der Waals surface area contributed by atoms with Crippen molar-refractivity contribution in [3.05, 3.63) is 66.5 Å². The zero-order valence-corrected chi connectivity index (χ0v) is 18.2. The zero-order valence-electron chi connectivity index (χ0n) is 17.4. The number of nitrogens with zero attached hydrogens (tertiary/aromatic N) is 5. The first-order valence-electron chi connectivity index (χ1n) is 10.2. The topological polar surface area (TPSA) is 88.4 Å². The molecule has 1 amide bonds. The van der Waals surface area contributed by atoms with Gasteiger partial charge in [0.25, 0.3) is 5.91 Å². The lowest BCUT2D eigenvalue weighted by atomic mass is 10.2. The van der Waals surface area contributed by atoms with Crippen molar-refractivity contribution in [2.75, 3.05) is 44.7 Å². The zero-order chi connectivity index (χ0) is 21.8. The molecule has 3 aromatic rings. The minimum Gasteiger partial charge on any atom is -0.333 e. The van der Waals surface area contributed by atoms with E-state index < -0.39 is 9.84 Å². The van der Waals surface area contributed by atoms with E-state index in [0.717, 1.165) is 11.3 Å². The Morgan fingerprint density at radius 3 is 2.16 bits per heavy atom. The number of para-hydroxylation sites is 1. The quantitative estimate of drug-likeness (QED) is 0.581. The van der Waals surface area contributed by atoms with Gasteiger partial charge < -0.3 is 4.90 Å². The Bertz CT molecular complexity index is 1080. The fourth-order valence-electron chi connectivity index (χ4n) is 3.54. The highest BCUT2D eigenvalue weighted by atomic mass is 32.2. The molecule has 9 heteroatoms. The van der Waals surface area contributed by atoms with Crippen molar-refractivity contribution in [2.24, 2.45) is 0 Å². The van der Waals surface area contributed by atoms with E-state index in [1.54, 1.807) is 9.58 Å². The second kappa shape index (κ2) is 8.99. The molecule has 2 heterocycles. The number of aromatic nitrogens is 3. The van der Waals surface area contributed by atoms with Gasteiger partial charge in [-0.25, -0.2) is 18.1 Å². The number of sulfone groups is 1. The summed E-state index contributed by atoms with van der Waals surface area (Å²) in [6, 6.07) is 19.3. The highest BCUT2D eigenvalue weighted by Gasteiger charge is 2.27. The number of hydrogen-bond acceptors (Lipinski definition) is 6. The summed E-state index contributed by atoms with van der Waals surface area (Å²) < 4.78 is 24.5. The molecule has 2 aromatic carbocycles. The Balaban J connectivity index is 1.53. The van der Waals surface area contributed by atoms with Gasteiger partial charge in [-0.15, -0.1) is 5.10 Å². The summed E-state index contributed by atoms with van der Waals surface area (Å²) in [5.74, 6) is 0.689. The summed E-state index contributed by atoms with van der Waals surface area (Å²) in [6.45, 7) is 2.78. The number of hydrogen-bond donors (Lipinski definition) is 0. The highest BCUT2D eigenvalue weighted by Crippen LogP contribution is 2.21. The van der Waals surface area contributed by atoms with Crippen molar-refractivity contribution in [1.29, 1.82) is 0 Å². The van der Waals surface area contributed by atoms with Crippen molar-refractivity contribution < 1.29 is 13.2 Å². The monoisotopic (exact) mass is 439 g/mol. The third-order valence-electron chi connectivity index (χ3n) is 5.27. The predicted molar refractivity (Wildman–Crippen MR) is 119 cm³/mol. The first kappa shape index (κ1) is 21.2. The molecule has 31 heavy (non-hydrogen) atoms.